The number of carbonyl (C=O) groups excluding carboxylic acids is 3. The Balaban J connectivity index is 1.29. The van der Waals surface area contributed by atoms with E-state index in [0.717, 1.165) is 22.3 Å². The molecular formula is C29H19NO5. The van der Waals surface area contributed by atoms with Gasteiger partial charge < -0.3 is 9.15 Å². The summed E-state index contributed by atoms with van der Waals surface area (Å²) in [4.78, 5) is 41.3. The Bertz CT molecular complexity index is 1410. The second-order valence-electron chi connectivity index (χ2n) is 9.14. The first kappa shape index (κ1) is 20.0. The fourth-order valence-corrected chi connectivity index (χ4v) is 6.17. The SMILES string of the molecule is O=C(Oc1cccc(N2C(=O)[C@H]3C4c5ccccc5C(c5ccccc54)[C@@H]3C2=O)c1)c1ccco1. The van der Waals surface area contributed by atoms with Crippen molar-refractivity contribution in [2.45, 2.75) is 11.8 Å². The molecule has 1 saturated heterocycles. The van der Waals surface area contributed by atoms with Crippen LogP contribution in [0.3, 0.4) is 0 Å². The predicted molar refractivity (Wildman–Crippen MR) is 126 cm³/mol. The fraction of sp³-hybridized carbons (Fsp3) is 0.138. The van der Waals surface area contributed by atoms with E-state index < -0.39 is 17.8 Å². The maximum atomic E-state index is 13.9. The van der Waals surface area contributed by atoms with Crippen LogP contribution in [0.15, 0.2) is 95.6 Å². The van der Waals surface area contributed by atoms with Crippen molar-refractivity contribution in [2.75, 3.05) is 4.90 Å². The van der Waals surface area contributed by atoms with Gasteiger partial charge in [0.2, 0.25) is 17.6 Å². The van der Waals surface area contributed by atoms with Gasteiger partial charge in [-0.1, -0.05) is 54.6 Å². The van der Waals surface area contributed by atoms with Crippen molar-refractivity contribution in [3.8, 4) is 5.75 Å². The van der Waals surface area contributed by atoms with Crippen LogP contribution >= 0.6 is 0 Å². The number of furan rings is 1. The van der Waals surface area contributed by atoms with Gasteiger partial charge in [0.25, 0.3) is 0 Å². The second-order valence-corrected chi connectivity index (χ2v) is 9.14. The normalized spacial score (nSPS) is 23.6. The lowest BCUT2D eigenvalue weighted by molar-refractivity contribution is -0.122. The Morgan fingerprint density at radius 3 is 1.80 bits per heavy atom. The van der Waals surface area contributed by atoms with Gasteiger partial charge in [-0.05, 0) is 46.5 Å². The predicted octanol–water partition coefficient (Wildman–Crippen LogP) is 4.90. The lowest BCUT2D eigenvalue weighted by Gasteiger charge is -2.45. The van der Waals surface area contributed by atoms with Gasteiger partial charge in [-0.25, -0.2) is 9.69 Å². The number of hydrogen-bond acceptors (Lipinski definition) is 5. The van der Waals surface area contributed by atoms with Gasteiger partial charge in [-0.3, -0.25) is 9.59 Å². The zero-order chi connectivity index (χ0) is 23.7. The van der Waals surface area contributed by atoms with Crippen LogP contribution in [-0.4, -0.2) is 17.8 Å². The van der Waals surface area contributed by atoms with Gasteiger partial charge in [0.15, 0.2) is 0 Å². The van der Waals surface area contributed by atoms with Crippen molar-refractivity contribution in [3.63, 3.8) is 0 Å². The monoisotopic (exact) mass is 461 g/mol. The summed E-state index contributed by atoms with van der Waals surface area (Å²) in [7, 11) is 0. The van der Waals surface area contributed by atoms with E-state index in [-0.39, 0.29) is 35.2 Å². The van der Waals surface area contributed by atoms with Crippen molar-refractivity contribution < 1.29 is 23.5 Å². The van der Waals surface area contributed by atoms with Crippen LogP contribution in [-0.2, 0) is 9.59 Å². The molecule has 6 heteroatoms. The molecule has 4 aliphatic rings. The Hall–Kier alpha value is -4.45. The van der Waals surface area contributed by atoms with Gasteiger partial charge in [-0.2, -0.15) is 0 Å². The minimum atomic E-state index is -0.649. The van der Waals surface area contributed by atoms with Crippen molar-refractivity contribution in [1.29, 1.82) is 0 Å². The van der Waals surface area contributed by atoms with Gasteiger partial charge in [0, 0.05) is 17.9 Å². The third-order valence-electron chi connectivity index (χ3n) is 7.46. The fourth-order valence-electron chi connectivity index (χ4n) is 6.17. The minimum Gasteiger partial charge on any atom is -0.457 e. The van der Waals surface area contributed by atoms with Crippen LogP contribution in [0.2, 0.25) is 0 Å². The molecular weight excluding hydrogens is 442 g/mol. The molecule has 4 aromatic rings. The second kappa shape index (κ2) is 7.27. The van der Waals surface area contributed by atoms with E-state index in [0.29, 0.717) is 5.69 Å². The zero-order valence-corrected chi connectivity index (χ0v) is 18.5. The molecule has 0 unspecified atom stereocenters. The standard InChI is InChI=1S/C29H19NO5/c31-27-25-23-18-9-1-2-10-19(18)24(21-12-4-3-11-20(21)23)26(25)28(32)30(27)16-7-5-8-17(15-16)35-29(33)22-13-6-14-34-22/h1-15,23-26H/t23?,24?,25-,26-/m0/s1. The molecule has 2 bridgehead atoms. The molecule has 0 radical (unpaired) electrons. The van der Waals surface area contributed by atoms with Crippen LogP contribution in [0.5, 0.6) is 5.75 Å². The largest absolute Gasteiger partial charge is 0.457 e. The van der Waals surface area contributed by atoms with E-state index >= 15 is 0 Å². The van der Waals surface area contributed by atoms with E-state index in [2.05, 4.69) is 24.3 Å². The number of imide groups is 1. The van der Waals surface area contributed by atoms with Crippen molar-refractivity contribution in [1.82, 2.24) is 0 Å². The van der Waals surface area contributed by atoms with Crippen molar-refractivity contribution in [3.05, 3.63) is 119 Å². The Labute approximate surface area is 200 Å². The molecule has 1 fully saturated rings. The smallest absolute Gasteiger partial charge is 0.379 e. The number of esters is 1. The quantitative estimate of drug-likeness (QED) is 0.247. The van der Waals surface area contributed by atoms with Gasteiger partial charge in [-0.15, -0.1) is 0 Å². The molecule has 1 aromatic heterocycles. The highest BCUT2D eigenvalue weighted by atomic mass is 16.5. The van der Waals surface area contributed by atoms with Crippen molar-refractivity contribution >= 4 is 23.5 Å². The van der Waals surface area contributed by atoms with E-state index in [1.54, 1.807) is 30.3 Å². The number of hydrogen-bond donors (Lipinski definition) is 0. The molecule has 2 atom stereocenters. The van der Waals surface area contributed by atoms with Gasteiger partial charge in [0.1, 0.15) is 5.75 Å². The third-order valence-corrected chi connectivity index (χ3v) is 7.46. The summed E-state index contributed by atoms with van der Waals surface area (Å²) in [5, 5.41) is 0. The Morgan fingerprint density at radius 2 is 1.29 bits per heavy atom. The molecule has 3 aliphatic carbocycles. The summed E-state index contributed by atoms with van der Waals surface area (Å²) in [5.41, 5.74) is 4.90. The average Bonchev–Trinajstić information content (AvgIpc) is 3.52. The summed E-state index contributed by atoms with van der Waals surface area (Å²) in [6, 6.07) is 25.9. The molecule has 0 spiro atoms. The number of ether oxygens (including phenoxy) is 1. The number of benzene rings is 3. The van der Waals surface area contributed by atoms with Crippen LogP contribution in [0, 0.1) is 11.8 Å². The molecule has 8 rings (SSSR count). The first-order valence-corrected chi connectivity index (χ1v) is 11.5. The summed E-state index contributed by atoms with van der Waals surface area (Å²) in [5.74, 6) is -2.04. The van der Waals surface area contributed by atoms with Crippen LogP contribution in [0.1, 0.15) is 44.6 Å². The molecule has 6 nitrogen and oxygen atoms in total. The first-order valence-electron chi connectivity index (χ1n) is 11.5. The van der Waals surface area contributed by atoms with E-state index in [1.165, 1.54) is 17.2 Å². The van der Waals surface area contributed by atoms with Crippen LogP contribution < -0.4 is 9.64 Å². The molecule has 0 N–H and O–H groups in total. The van der Waals surface area contributed by atoms with Crippen LogP contribution in [0.25, 0.3) is 0 Å². The highest BCUT2D eigenvalue weighted by Gasteiger charge is 2.61. The Kier molecular flexibility index (Phi) is 4.15. The number of amides is 2. The lowest BCUT2D eigenvalue weighted by Crippen LogP contribution is -2.41. The highest BCUT2D eigenvalue weighted by molar-refractivity contribution is 6.23. The molecule has 0 saturated carbocycles. The maximum absolute atomic E-state index is 13.9. The van der Waals surface area contributed by atoms with Gasteiger partial charge in [0.05, 0.1) is 23.8 Å². The molecule has 3 aromatic carbocycles. The first-order chi connectivity index (χ1) is 17.1. The van der Waals surface area contributed by atoms with E-state index in [4.69, 9.17) is 9.15 Å². The van der Waals surface area contributed by atoms with Gasteiger partial charge >= 0.3 is 5.97 Å². The molecule has 170 valence electrons. The number of nitrogens with zero attached hydrogens (tertiary/aromatic N) is 1. The minimum absolute atomic E-state index is 0.0712. The van der Waals surface area contributed by atoms with Crippen molar-refractivity contribution in [2.24, 2.45) is 11.8 Å². The third kappa shape index (κ3) is 2.74. The summed E-state index contributed by atoms with van der Waals surface area (Å²) in [6.07, 6.45) is 1.39. The Morgan fingerprint density at radius 1 is 0.714 bits per heavy atom. The van der Waals surface area contributed by atoms with Crippen LogP contribution in [0.4, 0.5) is 5.69 Å². The number of rotatable bonds is 3. The zero-order valence-electron chi connectivity index (χ0n) is 18.5. The number of anilines is 1. The number of carbonyl (C=O) groups is 3. The molecule has 2 heterocycles. The van der Waals surface area contributed by atoms with E-state index in [9.17, 15) is 14.4 Å². The summed E-state index contributed by atoms with van der Waals surface area (Å²) < 4.78 is 10.5. The lowest BCUT2D eigenvalue weighted by atomic mass is 9.55. The summed E-state index contributed by atoms with van der Waals surface area (Å²) in [6.45, 7) is 0. The summed E-state index contributed by atoms with van der Waals surface area (Å²) >= 11 is 0. The van der Waals surface area contributed by atoms with E-state index in [1.807, 2.05) is 24.3 Å². The molecule has 35 heavy (non-hydrogen) atoms. The average molecular weight is 461 g/mol. The molecule has 1 aliphatic heterocycles. The highest BCUT2D eigenvalue weighted by Crippen LogP contribution is 2.61. The molecule has 2 amide bonds. The maximum Gasteiger partial charge on any atom is 0.379 e. The topological polar surface area (TPSA) is 76.8 Å².